The summed E-state index contributed by atoms with van der Waals surface area (Å²) in [5.41, 5.74) is 4.72. The molecule has 4 saturated heterocycles. The van der Waals surface area contributed by atoms with Gasteiger partial charge in [0.2, 0.25) is 0 Å². The Balaban J connectivity index is 0.000000107. The number of esters is 4. The van der Waals surface area contributed by atoms with Crippen molar-refractivity contribution in [2.75, 3.05) is 46.0 Å². The van der Waals surface area contributed by atoms with Gasteiger partial charge in [-0.15, -0.1) is 0 Å². The van der Waals surface area contributed by atoms with E-state index in [4.69, 9.17) is 18.9 Å². The van der Waals surface area contributed by atoms with Crippen LogP contribution >= 0.6 is 0 Å². The molecular weight excluding hydrogens is 1570 g/mol. The smallest absolute Gasteiger partial charge is 0.344 e. The number of benzene rings is 17. The standard InChI is InChI=1S/C30H25O2S.C29H23O2S.C25H23O2S.C25H21O2S/c31-30(29-23-12-4-2-10-21(23)20-22-11-3-5-13-24(22)29)32-27-16-17-28(33-18-8-1-9-19-33)26-15-7-6-14-25(26)27;30-29(28-22-11-3-1-9-20(22)19-21-10-2-4-12-23(21)28)31-26-15-16-27(32-17-7-8-18-32)25-14-6-5-13-24(25)26;26-25(22-13-12-18-8-2-3-9-19(18)22)27-23-14-15-24(28-16-6-1-7-17-28)21-11-5-4-10-20(21)23;26-25(22-13-7-9-18-8-1-2-10-19(18)22)27-23-14-15-24(28-16-5-6-17-28)21-12-4-3-11-20(21)23/h2-7,10-17,20H,1,8-9,18-19H2;1-6,9-16,19H,7-8,17-18H2;2-5,8-11,13-15H,1,6-7,12,16-17H2;1-4,7-15H,5-6,16-17H2/q4*+1. The summed E-state index contributed by atoms with van der Waals surface area (Å²) in [5.74, 6) is 11.6. The lowest BCUT2D eigenvalue weighted by atomic mass is 9.97. The first-order valence-corrected chi connectivity index (χ1v) is 48.7. The minimum absolute atomic E-state index is 0.261. The minimum atomic E-state index is -0.307. The van der Waals surface area contributed by atoms with Crippen LogP contribution < -0.4 is 18.9 Å². The highest BCUT2D eigenvalue weighted by Gasteiger charge is 2.35. The Labute approximate surface area is 717 Å². The van der Waals surface area contributed by atoms with Gasteiger partial charge in [0.25, 0.3) is 0 Å². The first-order chi connectivity index (χ1) is 59.7. The van der Waals surface area contributed by atoms with Gasteiger partial charge in [0.1, 0.15) is 69.0 Å². The lowest BCUT2D eigenvalue weighted by Gasteiger charge is -2.16. The third kappa shape index (κ3) is 16.6. The Hall–Kier alpha value is -11.9. The van der Waals surface area contributed by atoms with E-state index in [0.29, 0.717) is 77.9 Å². The number of carbonyl (C=O) groups excluding carboxylic acids is 4. The fourth-order valence-corrected chi connectivity index (χ4v) is 28.1. The van der Waals surface area contributed by atoms with Gasteiger partial charge < -0.3 is 18.9 Å². The highest BCUT2D eigenvalue weighted by Crippen LogP contribution is 2.43. The molecule has 0 spiro atoms. The van der Waals surface area contributed by atoms with Crippen LogP contribution in [0.2, 0.25) is 0 Å². The molecule has 5 aliphatic rings. The van der Waals surface area contributed by atoms with E-state index in [1.54, 1.807) is 0 Å². The molecule has 12 heteroatoms. The number of rotatable bonds is 12. The zero-order valence-electron chi connectivity index (χ0n) is 67.5. The van der Waals surface area contributed by atoms with Crippen molar-refractivity contribution in [1.82, 2.24) is 0 Å². The van der Waals surface area contributed by atoms with Crippen molar-refractivity contribution in [3.05, 3.63) is 355 Å². The van der Waals surface area contributed by atoms with Gasteiger partial charge >= 0.3 is 23.9 Å². The molecule has 4 aliphatic heterocycles. The summed E-state index contributed by atoms with van der Waals surface area (Å²) in [6.45, 7) is 0. The lowest BCUT2D eigenvalue weighted by molar-refractivity contribution is -0.127. The second-order valence-corrected chi connectivity index (χ2v) is 40.5. The van der Waals surface area contributed by atoms with Crippen LogP contribution in [0.5, 0.6) is 23.0 Å². The third-order valence-corrected chi connectivity index (χ3v) is 34.2. The number of ether oxygens (including phenoxy) is 4. The number of allylic oxidation sites excluding steroid dienone is 1. The topological polar surface area (TPSA) is 105 Å². The summed E-state index contributed by atoms with van der Waals surface area (Å²) in [4.78, 5) is 58.8. The number of fused-ring (bicyclic) bond motifs is 10. The number of hydrogen-bond donors (Lipinski definition) is 0. The van der Waals surface area contributed by atoms with E-state index in [-0.39, 0.29) is 34.8 Å². The Morgan fingerprint density at radius 3 is 0.860 bits per heavy atom. The molecule has 1 aliphatic carbocycles. The van der Waals surface area contributed by atoms with Crippen LogP contribution in [-0.2, 0) is 54.8 Å². The van der Waals surface area contributed by atoms with Crippen LogP contribution in [0.15, 0.2) is 347 Å². The second kappa shape index (κ2) is 36.2. The van der Waals surface area contributed by atoms with Crippen LogP contribution in [-0.4, -0.2) is 69.9 Å². The quantitative estimate of drug-likeness (QED) is 0.0516. The molecule has 596 valence electrons. The Bertz CT molecular complexity index is 6750. The molecule has 22 rings (SSSR count). The molecule has 17 aromatic rings. The Morgan fingerprint density at radius 1 is 0.223 bits per heavy atom. The van der Waals surface area contributed by atoms with Crippen LogP contribution in [0.25, 0.3) is 103 Å². The molecule has 0 atom stereocenters. The summed E-state index contributed by atoms with van der Waals surface area (Å²) in [7, 11) is 1.21. The summed E-state index contributed by atoms with van der Waals surface area (Å²) < 4.78 is 24.1. The van der Waals surface area contributed by atoms with Crippen molar-refractivity contribution in [3.8, 4) is 23.0 Å². The van der Waals surface area contributed by atoms with E-state index in [9.17, 15) is 19.2 Å². The van der Waals surface area contributed by atoms with Gasteiger partial charge in [0.05, 0.1) is 22.3 Å². The lowest BCUT2D eigenvalue weighted by Crippen LogP contribution is -2.18. The molecule has 0 unspecified atom stereocenters. The van der Waals surface area contributed by atoms with Crippen LogP contribution in [0.3, 0.4) is 0 Å². The molecule has 0 N–H and O–H groups in total. The number of carbonyl (C=O) groups is 4. The van der Waals surface area contributed by atoms with E-state index in [1.807, 2.05) is 212 Å². The fraction of sp³-hybridized carbons (Fsp3) is 0.174. The monoisotopic (exact) mass is 1660 g/mol. The largest absolute Gasteiger partial charge is 0.422 e. The molecule has 0 amide bonds. The van der Waals surface area contributed by atoms with Gasteiger partial charge in [-0.2, -0.15) is 0 Å². The van der Waals surface area contributed by atoms with E-state index in [1.165, 1.54) is 157 Å². The fourth-order valence-electron chi connectivity index (χ4n) is 18.1. The predicted molar refractivity (Wildman–Crippen MR) is 509 cm³/mol. The first kappa shape index (κ1) is 78.9. The SMILES string of the molecule is O=C(Oc1ccc([S+]2CCCC2)c2ccccc12)c1c2ccccc2cc2ccccc12.O=C(Oc1ccc([S+]2CCCC2)c2ccccc12)c1cccc2ccccc12.O=C(Oc1ccc([S+]2CCCCC2)c2ccccc12)C1=CCc2ccccc21.O=C(Oc1ccc([S+]2CCCCC2)c2ccccc12)c1c2ccccc2cc2ccccc12. The maximum atomic E-state index is 13.7. The third-order valence-electron chi connectivity index (χ3n) is 24.1. The van der Waals surface area contributed by atoms with Crippen molar-refractivity contribution in [1.29, 1.82) is 0 Å². The van der Waals surface area contributed by atoms with Crippen LogP contribution in [0, 0.1) is 0 Å². The maximum absolute atomic E-state index is 13.7. The van der Waals surface area contributed by atoms with E-state index in [0.717, 1.165) is 87.4 Å². The predicted octanol–water partition coefficient (Wildman–Crippen LogP) is 26.2. The average molecular weight is 1660 g/mol. The molecular formula is C109H92O8S4+4. The molecule has 4 fully saturated rings. The van der Waals surface area contributed by atoms with Gasteiger partial charge in [-0.05, 0) is 227 Å². The zero-order chi connectivity index (χ0) is 81.5. The second-order valence-electron chi connectivity index (χ2n) is 31.5. The van der Waals surface area contributed by atoms with Gasteiger partial charge in [-0.1, -0.05) is 237 Å². The van der Waals surface area contributed by atoms with Crippen molar-refractivity contribution in [2.24, 2.45) is 0 Å². The molecule has 8 nitrogen and oxygen atoms in total. The first-order valence-electron chi connectivity index (χ1n) is 42.4. The molecule has 17 aromatic carbocycles. The molecule has 0 aromatic heterocycles. The van der Waals surface area contributed by atoms with Crippen LogP contribution in [0.4, 0.5) is 0 Å². The van der Waals surface area contributed by atoms with Gasteiger partial charge in [-0.25, -0.2) is 19.2 Å². The Kier molecular flexibility index (Phi) is 23.6. The highest BCUT2D eigenvalue weighted by atomic mass is 32.2. The van der Waals surface area contributed by atoms with Crippen molar-refractivity contribution >= 4 is 170 Å². The van der Waals surface area contributed by atoms with Crippen LogP contribution in [0.1, 0.15) is 106 Å². The van der Waals surface area contributed by atoms with E-state index < -0.39 is 0 Å². The highest BCUT2D eigenvalue weighted by molar-refractivity contribution is 7.98. The van der Waals surface area contributed by atoms with Crippen molar-refractivity contribution in [3.63, 3.8) is 0 Å². The summed E-state index contributed by atoms with van der Waals surface area (Å²) in [6.07, 6.45) is 16.0. The van der Waals surface area contributed by atoms with Gasteiger partial charge in [0, 0.05) is 86.7 Å². The van der Waals surface area contributed by atoms with Crippen molar-refractivity contribution in [2.45, 2.75) is 90.2 Å². The summed E-state index contributed by atoms with van der Waals surface area (Å²) in [5, 5.41) is 18.8. The molecule has 0 saturated carbocycles. The van der Waals surface area contributed by atoms with Gasteiger partial charge in [0.15, 0.2) is 19.6 Å². The summed E-state index contributed by atoms with van der Waals surface area (Å²) >= 11 is 0. The van der Waals surface area contributed by atoms with E-state index >= 15 is 0 Å². The number of hydrogen-bond acceptors (Lipinski definition) is 8. The zero-order valence-corrected chi connectivity index (χ0v) is 70.8. The maximum Gasteiger partial charge on any atom is 0.344 e. The summed E-state index contributed by atoms with van der Waals surface area (Å²) in [6, 6.07) is 108. The van der Waals surface area contributed by atoms with Gasteiger partial charge in [-0.3, -0.25) is 0 Å². The minimum Gasteiger partial charge on any atom is -0.422 e. The molecule has 0 radical (unpaired) electrons. The molecule has 0 bridgehead atoms. The normalized spacial score (nSPS) is 15.0. The molecule has 121 heavy (non-hydrogen) atoms. The van der Waals surface area contributed by atoms with Crippen molar-refractivity contribution < 1.29 is 38.1 Å². The Morgan fingerprint density at radius 2 is 0.496 bits per heavy atom. The molecule has 4 heterocycles. The van der Waals surface area contributed by atoms with E-state index in [2.05, 4.69) is 115 Å². The average Bonchev–Trinajstić information content (AvgIpc) is 1.39.